The molecule has 0 bridgehead atoms. The smallest absolute Gasteiger partial charge is 0.0187 e. The van der Waals surface area contributed by atoms with Gasteiger partial charge in [0.05, 0.1) is 0 Å². The van der Waals surface area contributed by atoms with Gasteiger partial charge in [0, 0.05) is 29.6 Å². The van der Waals surface area contributed by atoms with E-state index in [1.54, 1.807) is 0 Å². The first kappa shape index (κ1) is 10.8. The SMILES string of the molecule is CC1SCCN(C2CCNCC2)C1C. The number of thioether (sulfide) groups is 1. The van der Waals surface area contributed by atoms with Crippen LogP contribution in [0.4, 0.5) is 0 Å². The van der Waals surface area contributed by atoms with Crippen molar-refractivity contribution < 1.29 is 0 Å². The fraction of sp³-hybridized carbons (Fsp3) is 1.00. The molecule has 0 aromatic heterocycles. The van der Waals surface area contributed by atoms with Crippen molar-refractivity contribution in [3.8, 4) is 0 Å². The lowest BCUT2D eigenvalue weighted by Crippen LogP contribution is -2.53. The second-order valence-corrected chi connectivity index (χ2v) is 6.02. The minimum atomic E-state index is 0.775. The molecule has 0 amide bonds. The number of nitrogens with one attached hydrogen (secondary N) is 1. The van der Waals surface area contributed by atoms with Crippen LogP contribution in [-0.2, 0) is 0 Å². The second-order valence-electron chi connectivity index (χ2n) is 4.54. The molecule has 2 unspecified atom stereocenters. The van der Waals surface area contributed by atoms with Gasteiger partial charge in [0.25, 0.3) is 0 Å². The molecule has 82 valence electrons. The fourth-order valence-corrected chi connectivity index (χ4v) is 3.73. The molecule has 0 radical (unpaired) electrons. The Morgan fingerprint density at radius 1 is 1.21 bits per heavy atom. The molecule has 14 heavy (non-hydrogen) atoms. The summed E-state index contributed by atoms with van der Waals surface area (Å²) in [5.41, 5.74) is 0. The normalized spacial score (nSPS) is 37.3. The third-order valence-corrected chi connectivity index (χ3v) is 5.05. The minimum Gasteiger partial charge on any atom is -0.317 e. The predicted molar refractivity (Wildman–Crippen MR) is 64.0 cm³/mol. The molecule has 2 saturated heterocycles. The Bertz CT molecular complexity index is 180. The summed E-state index contributed by atoms with van der Waals surface area (Å²) in [5, 5.41) is 4.27. The first-order chi connectivity index (χ1) is 6.79. The summed E-state index contributed by atoms with van der Waals surface area (Å²) in [5.74, 6) is 1.33. The summed E-state index contributed by atoms with van der Waals surface area (Å²) in [6.07, 6.45) is 2.70. The van der Waals surface area contributed by atoms with Gasteiger partial charge >= 0.3 is 0 Å². The zero-order valence-corrected chi connectivity index (χ0v) is 10.1. The first-order valence-electron chi connectivity index (χ1n) is 5.87. The molecular weight excluding hydrogens is 192 g/mol. The van der Waals surface area contributed by atoms with Crippen molar-refractivity contribution >= 4 is 11.8 Å². The van der Waals surface area contributed by atoms with Gasteiger partial charge in [-0.15, -0.1) is 0 Å². The monoisotopic (exact) mass is 214 g/mol. The second kappa shape index (κ2) is 4.86. The van der Waals surface area contributed by atoms with E-state index in [0.29, 0.717) is 0 Å². The quantitative estimate of drug-likeness (QED) is 0.713. The first-order valence-corrected chi connectivity index (χ1v) is 6.92. The van der Waals surface area contributed by atoms with Crippen LogP contribution in [0.25, 0.3) is 0 Å². The largest absolute Gasteiger partial charge is 0.317 e. The fourth-order valence-electron chi connectivity index (χ4n) is 2.61. The number of nitrogens with zero attached hydrogens (tertiary/aromatic N) is 1. The van der Waals surface area contributed by atoms with Crippen molar-refractivity contribution in [2.45, 2.75) is 44.0 Å². The molecule has 2 fully saturated rings. The Morgan fingerprint density at radius 3 is 2.64 bits per heavy atom. The Morgan fingerprint density at radius 2 is 1.93 bits per heavy atom. The Hall–Kier alpha value is 0.270. The Balaban J connectivity index is 1.93. The lowest BCUT2D eigenvalue weighted by molar-refractivity contribution is 0.120. The summed E-state index contributed by atoms with van der Waals surface area (Å²) >= 11 is 2.14. The Kier molecular flexibility index (Phi) is 3.74. The number of hydrogen-bond acceptors (Lipinski definition) is 3. The molecule has 0 aromatic carbocycles. The highest BCUT2D eigenvalue weighted by Gasteiger charge is 2.30. The molecule has 0 spiro atoms. The number of hydrogen-bond donors (Lipinski definition) is 1. The van der Waals surface area contributed by atoms with E-state index in [9.17, 15) is 0 Å². The van der Waals surface area contributed by atoms with Crippen molar-refractivity contribution in [1.29, 1.82) is 0 Å². The molecule has 2 aliphatic rings. The van der Waals surface area contributed by atoms with E-state index in [2.05, 4.69) is 35.8 Å². The van der Waals surface area contributed by atoms with Gasteiger partial charge in [-0.3, -0.25) is 4.90 Å². The molecule has 2 heterocycles. The minimum absolute atomic E-state index is 0.775. The van der Waals surface area contributed by atoms with Crippen molar-refractivity contribution in [3.63, 3.8) is 0 Å². The summed E-state index contributed by atoms with van der Waals surface area (Å²) in [7, 11) is 0. The Labute approximate surface area is 91.8 Å². The highest BCUT2D eigenvalue weighted by molar-refractivity contribution is 8.00. The van der Waals surface area contributed by atoms with E-state index in [1.807, 2.05) is 0 Å². The average molecular weight is 214 g/mol. The van der Waals surface area contributed by atoms with E-state index >= 15 is 0 Å². The topological polar surface area (TPSA) is 15.3 Å². The van der Waals surface area contributed by atoms with Gasteiger partial charge in [0.2, 0.25) is 0 Å². The van der Waals surface area contributed by atoms with Gasteiger partial charge in [-0.05, 0) is 32.9 Å². The van der Waals surface area contributed by atoms with Crippen LogP contribution < -0.4 is 5.32 Å². The highest BCUT2D eigenvalue weighted by atomic mass is 32.2. The number of piperidine rings is 1. The van der Waals surface area contributed by atoms with Crippen LogP contribution in [0.5, 0.6) is 0 Å². The van der Waals surface area contributed by atoms with Gasteiger partial charge in [-0.1, -0.05) is 6.92 Å². The van der Waals surface area contributed by atoms with E-state index in [4.69, 9.17) is 0 Å². The molecular formula is C11H22N2S. The van der Waals surface area contributed by atoms with Crippen molar-refractivity contribution in [3.05, 3.63) is 0 Å². The summed E-state index contributed by atoms with van der Waals surface area (Å²) in [6, 6.07) is 1.63. The van der Waals surface area contributed by atoms with E-state index < -0.39 is 0 Å². The van der Waals surface area contributed by atoms with Crippen molar-refractivity contribution in [2.75, 3.05) is 25.4 Å². The zero-order valence-electron chi connectivity index (χ0n) is 9.33. The van der Waals surface area contributed by atoms with Crippen LogP contribution in [-0.4, -0.2) is 47.6 Å². The van der Waals surface area contributed by atoms with Crippen LogP contribution in [0.3, 0.4) is 0 Å². The molecule has 0 saturated carbocycles. The standard InChI is InChI=1S/C11H22N2S/c1-9-10(2)14-8-7-13(9)11-3-5-12-6-4-11/h9-12H,3-8H2,1-2H3. The van der Waals surface area contributed by atoms with E-state index in [0.717, 1.165) is 17.3 Å². The lowest BCUT2D eigenvalue weighted by atomic mass is 10.0. The van der Waals surface area contributed by atoms with Crippen molar-refractivity contribution in [1.82, 2.24) is 10.2 Å². The molecule has 1 N–H and O–H groups in total. The van der Waals surface area contributed by atoms with Crippen LogP contribution in [0.1, 0.15) is 26.7 Å². The van der Waals surface area contributed by atoms with Crippen LogP contribution in [0.2, 0.25) is 0 Å². The van der Waals surface area contributed by atoms with Crippen LogP contribution in [0.15, 0.2) is 0 Å². The van der Waals surface area contributed by atoms with E-state index in [-0.39, 0.29) is 0 Å². The lowest BCUT2D eigenvalue weighted by Gasteiger charge is -2.44. The molecule has 0 aliphatic carbocycles. The summed E-state index contributed by atoms with van der Waals surface area (Å²) in [6.45, 7) is 8.52. The maximum Gasteiger partial charge on any atom is 0.0187 e. The zero-order chi connectivity index (χ0) is 9.97. The van der Waals surface area contributed by atoms with Gasteiger partial charge in [-0.2, -0.15) is 11.8 Å². The van der Waals surface area contributed by atoms with Gasteiger partial charge in [-0.25, -0.2) is 0 Å². The number of rotatable bonds is 1. The summed E-state index contributed by atoms with van der Waals surface area (Å²) in [4.78, 5) is 2.75. The average Bonchev–Trinajstić information content (AvgIpc) is 2.23. The van der Waals surface area contributed by atoms with Crippen LogP contribution in [0, 0.1) is 0 Å². The predicted octanol–water partition coefficient (Wildman–Crippen LogP) is 1.56. The van der Waals surface area contributed by atoms with Gasteiger partial charge < -0.3 is 5.32 Å². The maximum atomic E-state index is 3.45. The molecule has 2 aliphatic heterocycles. The third-order valence-electron chi connectivity index (χ3n) is 3.71. The summed E-state index contributed by atoms with van der Waals surface area (Å²) < 4.78 is 0. The molecule has 2 atom stereocenters. The van der Waals surface area contributed by atoms with Gasteiger partial charge in [0.15, 0.2) is 0 Å². The molecule has 2 rings (SSSR count). The molecule has 0 aromatic rings. The molecule has 3 heteroatoms. The highest BCUT2D eigenvalue weighted by Crippen LogP contribution is 2.28. The maximum absolute atomic E-state index is 3.45. The molecule has 2 nitrogen and oxygen atoms in total. The third kappa shape index (κ3) is 2.26. The van der Waals surface area contributed by atoms with Crippen molar-refractivity contribution in [2.24, 2.45) is 0 Å². The van der Waals surface area contributed by atoms with Crippen LogP contribution >= 0.6 is 11.8 Å². The van der Waals surface area contributed by atoms with E-state index in [1.165, 1.54) is 38.2 Å². The van der Waals surface area contributed by atoms with Gasteiger partial charge in [0.1, 0.15) is 0 Å².